The van der Waals surface area contributed by atoms with Crippen LogP contribution >= 0.6 is 0 Å². The van der Waals surface area contributed by atoms with Crippen molar-refractivity contribution in [2.45, 2.75) is 51.2 Å². The predicted octanol–water partition coefficient (Wildman–Crippen LogP) is -1.74. The molecule has 8 N–H and O–H groups in total. The van der Waals surface area contributed by atoms with Gasteiger partial charge in [-0.25, -0.2) is 9.78 Å². The molecule has 1 aromatic heterocycles. The van der Waals surface area contributed by atoms with Gasteiger partial charge in [0.1, 0.15) is 12.1 Å². The summed E-state index contributed by atoms with van der Waals surface area (Å²) in [5, 5.41) is 13.9. The molecule has 1 aromatic rings. The summed E-state index contributed by atoms with van der Waals surface area (Å²) in [5.41, 5.74) is 11.5. The smallest absolute Gasteiger partial charge is 0.326 e. The summed E-state index contributed by atoms with van der Waals surface area (Å²) in [6.07, 6.45) is 2.90. The van der Waals surface area contributed by atoms with Crippen LogP contribution in [-0.4, -0.2) is 56.9 Å². The lowest BCUT2D eigenvalue weighted by molar-refractivity contribution is -0.143. The molecular formula is C16H26N6O5. The van der Waals surface area contributed by atoms with Crippen LogP contribution in [-0.2, 0) is 25.6 Å². The van der Waals surface area contributed by atoms with Gasteiger partial charge in [0, 0.05) is 18.3 Å². The molecule has 0 saturated heterocycles. The molecule has 1 heterocycles. The third-order valence-corrected chi connectivity index (χ3v) is 3.69. The number of aromatic nitrogens is 2. The number of aromatic amines is 1. The number of hydrogen-bond acceptors (Lipinski definition) is 6. The minimum absolute atomic E-state index is 0.0318. The maximum atomic E-state index is 12.5. The van der Waals surface area contributed by atoms with Crippen LogP contribution < -0.4 is 22.1 Å². The highest BCUT2D eigenvalue weighted by molar-refractivity contribution is 5.93. The zero-order valence-corrected chi connectivity index (χ0v) is 15.3. The van der Waals surface area contributed by atoms with Gasteiger partial charge in [0.05, 0.1) is 18.8 Å². The first-order chi connectivity index (χ1) is 12.6. The molecule has 3 unspecified atom stereocenters. The first kappa shape index (κ1) is 22.1. The van der Waals surface area contributed by atoms with E-state index in [9.17, 15) is 19.2 Å². The summed E-state index contributed by atoms with van der Waals surface area (Å²) >= 11 is 0. The van der Waals surface area contributed by atoms with Crippen LogP contribution in [0.15, 0.2) is 12.5 Å². The highest BCUT2D eigenvalue weighted by Gasteiger charge is 2.29. The summed E-state index contributed by atoms with van der Waals surface area (Å²) < 4.78 is 0. The Morgan fingerprint density at radius 2 is 1.81 bits per heavy atom. The fourth-order valence-corrected chi connectivity index (χ4v) is 2.38. The van der Waals surface area contributed by atoms with Crippen LogP contribution in [0.1, 0.15) is 32.4 Å². The number of carbonyl (C=O) groups is 4. The van der Waals surface area contributed by atoms with Crippen molar-refractivity contribution in [1.82, 2.24) is 20.6 Å². The molecule has 1 rings (SSSR count). The summed E-state index contributed by atoms with van der Waals surface area (Å²) in [7, 11) is 0. The summed E-state index contributed by atoms with van der Waals surface area (Å²) in [6.45, 7) is 3.68. The number of nitrogens with one attached hydrogen (secondary N) is 3. The fraction of sp³-hybridized carbons (Fsp3) is 0.562. The number of primary amides is 1. The highest BCUT2D eigenvalue weighted by Crippen LogP contribution is 2.07. The molecule has 0 fully saturated rings. The lowest BCUT2D eigenvalue weighted by atomic mass is 10.0. The molecule has 27 heavy (non-hydrogen) atoms. The Balaban J connectivity index is 2.77. The topological polar surface area (TPSA) is 193 Å². The summed E-state index contributed by atoms with van der Waals surface area (Å²) in [5.74, 6) is -3.52. The van der Waals surface area contributed by atoms with Gasteiger partial charge in [0.15, 0.2) is 0 Å². The van der Waals surface area contributed by atoms with E-state index < -0.39 is 48.2 Å². The van der Waals surface area contributed by atoms with E-state index in [4.69, 9.17) is 16.6 Å². The first-order valence-electron chi connectivity index (χ1n) is 8.44. The van der Waals surface area contributed by atoms with Crippen molar-refractivity contribution in [3.63, 3.8) is 0 Å². The van der Waals surface area contributed by atoms with Crippen molar-refractivity contribution in [1.29, 1.82) is 0 Å². The number of carboxylic acids is 1. The molecule has 0 spiro atoms. The van der Waals surface area contributed by atoms with Crippen LogP contribution in [0.25, 0.3) is 0 Å². The van der Waals surface area contributed by atoms with Crippen LogP contribution in [0, 0.1) is 5.92 Å². The van der Waals surface area contributed by atoms with Crippen molar-refractivity contribution in [2.24, 2.45) is 17.4 Å². The molecule has 0 aromatic carbocycles. The SMILES string of the molecule is CC(C)CC(NC(=O)C(N)Cc1cnc[nH]1)C(=O)NC(CC(N)=O)C(=O)O. The number of carbonyl (C=O) groups excluding carboxylic acids is 3. The molecule has 0 bridgehead atoms. The highest BCUT2D eigenvalue weighted by atomic mass is 16.4. The third-order valence-electron chi connectivity index (χ3n) is 3.69. The zero-order valence-electron chi connectivity index (χ0n) is 15.3. The molecule has 11 heteroatoms. The van der Waals surface area contributed by atoms with Gasteiger partial charge in [-0.1, -0.05) is 13.8 Å². The number of amides is 3. The Morgan fingerprint density at radius 1 is 1.19 bits per heavy atom. The maximum Gasteiger partial charge on any atom is 0.326 e. The molecule has 0 aliphatic rings. The molecule has 0 radical (unpaired) electrons. The Bertz CT molecular complexity index is 660. The Morgan fingerprint density at radius 3 is 2.30 bits per heavy atom. The second kappa shape index (κ2) is 10.3. The monoisotopic (exact) mass is 382 g/mol. The predicted molar refractivity (Wildman–Crippen MR) is 95.0 cm³/mol. The van der Waals surface area contributed by atoms with Gasteiger partial charge in [-0.05, 0) is 12.3 Å². The molecule has 11 nitrogen and oxygen atoms in total. The van der Waals surface area contributed by atoms with Gasteiger partial charge in [-0.3, -0.25) is 14.4 Å². The van der Waals surface area contributed by atoms with Crippen molar-refractivity contribution in [3.8, 4) is 0 Å². The lowest BCUT2D eigenvalue weighted by Gasteiger charge is -2.23. The van der Waals surface area contributed by atoms with Crippen molar-refractivity contribution >= 4 is 23.7 Å². The number of hydrogen-bond donors (Lipinski definition) is 6. The standard InChI is InChI=1S/C16H26N6O5/c1-8(2)3-11(15(25)22-12(16(26)27)5-13(18)23)21-14(24)10(17)4-9-6-19-7-20-9/h6-8,10-12H,3-5,17H2,1-2H3,(H2,18,23)(H,19,20)(H,21,24)(H,22,25)(H,26,27). The Labute approximate surface area is 156 Å². The second-order valence-corrected chi connectivity index (χ2v) is 6.65. The number of aliphatic carboxylic acids is 1. The largest absolute Gasteiger partial charge is 0.480 e. The van der Waals surface area contributed by atoms with Crippen LogP contribution in [0.5, 0.6) is 0 Å². The number of H-pyrrole nitrogens is 1. The molecular weight excluding hydrogens is 356 g/mol. The van der Waals surface area contributed by atoms with Gasteiger partial charge in [0.25, 0.3) is 0 Å². The molecule has 0 aliphatic heterocycles. The van der Waals surface area contributed by atoms with E-state index in [1.54, 1.807) is 0 Å². The summed E-state index contributed by atoms with van der Waals surface area (Å²) in [6, 6.07) is -3.39. The van der Waals surface area contributed by atoms with E-state index in [1.165, 1.54) is 12.5 Å². The van der Waals surface area contributed by atoms with E-state index in [1.807, 2.05) is 13.8 Å². The lowest BCUT2D eigenvalue weighted by Crippen LogP contribution is -2.55. The first-order valence-corrected chi connectivity index (χ1v) is 8.44. The molecule has 3 amide bonds. The average Bonchev–Trinajstić information content (AvgIpc) is 3.05. The van der Waals surface area contributed by atoms with E-state index >= 15 is 0 Å². The Hall–Kier alpha value is -2.95. The van der Waals surface area contributed by atoms with Crippen LogP contribution in [0.2, 0.25) is 0 Å². The van der Waals surface area contributed by atoms with E-state index in [0.717, 1.165) is 0 Å². The molecule has 0 aliphatic carbocycles. The van der Waals surface area contributed by atoms with Crippen molar-refractivity contribution in [2.75, 3.05) is 0 Å². The van der Waals surface area contributed by atoms with Gasteiger partial charge in [-0.2, -0.15) is 0 Å². The third kappa shape index (κ3) is 7.86. The molecule has 0 saturated carbocycles. The quantitative estimate of drug-likeness (QED) is 0.261. The number of nitrogens with zero attached hydrogens (tertiary/aromatic N) is 1. The van der Waals surface area contributed by atoms with Crippen molar-refractivity contribution < 1.29 is 24.3 Å². The van der Waals surface area contributed by atoms with E-state index in [2.05, 4.69) is 20.6 Å². The number of imidazole rings is 1. The van der Waals surface area contributed by atoms with Crippen molar-refractivity contribution in [3.05, 3.63) is 18.2 Å². The number of nitrogens with two attached hydrogens (primary N) is 2. The van der Waals surface area contributed by atoms with Gasteiger partial charge >= 0.3 is 5.97 Å². The number of carboxylic acid groups (broad SMARTS) is 1. The second-order valence-electron chi connectivity index (χ2n) is 6.65. The molecule has 3 atom stereocenters. The minimum atomic E-state index is -1.47. The minimum Gasteiger partial charge on any atom is -0.480 e. The normalized spacial score (nSPS) is 14.2. The van der Waals surface area contributed by atoms with Crippen LogP contribution in [0.3, 0.4) is 0 Å². The zero-order chi connectivity index (χ0) is 20.6. The molecule has 150 valence electrons. The van der Waals surface area contributed by atoms with Crippen LogP contribution in [0.4, 0.5) is 0 Å². The number of rotatable bonds is 11. The van der Waals surface area contributed by atoms with E-state index in [-0.39, 0.29) is 18.8 Å². The Kier molecular flexibility index (Phi) is 8.39. The maximum absolute atomic E-state index is 12.5. The average molecular weight is 382 g/mol. The fourth-order valence-electron chi connectivity index (χ4n) is 2.38. The van der Waals surface area contributed by atoms with E-state index in [0.29, 0.717) is 5.69 Å². The van der Waals surface area contributed by atoms with Gasteiger partial charge in [-0.15, -0.1) is 0 Å². The van der Waals surface area contributed by atoms with Gasteiger partial charge < -0.3 is 32.2 Å². The summed E-state index contributed by atoms with van der Waals surface area (Å²) in [4.78, 5) is 53.6. The van der Waals surface area contributed by atoms with Gasteiger partial charge in [0.2, 0.25) is 17.7 Å².